The summed E-state index contributed by atoms with van der Waals surface area (Å²) in [4.78, 5) is 23.2. The van der Waals surface area contributed by atoms with Gasteiger partial charge in [-0.1, -0.05) is 26.0 Å². The van der Waals surface area contributed by atoms with Gasteiger partial charge in [0, 0.05) is 11.8 Å². The Morgan fingerprint density at radius 2 is 1.33 bits per heavy atom. The van der Waals surface area contributed by atoms with Crippen molar-refractivity contribution in [1.82, 2.24) is 0 Å². The summed E-state index contributed by atoms with van der Waals surface area (Å²) in [5, 5.41) is 0. The van der Waals surface area contributed by atoms with Crippen LogP contribution in [0.3, 0.4) is 0 Å². The number of hydrogen-bond donors (Lipinski definition) is 0. The van der Waals surface area contributed by atoms with Gasteiger partial charge in [-0.2, -0.15) is 0 Å². The van der Waals surface area contributed by atoms with Crippen molar-refractivity contribution in [1.29, 1.82) is 0 Å². The second-order valence-electron chi connectivity index (χ2n) is 5.31. The SMILES string of the molecule is CCCOC(=O)OC1C2C=CC(C2)C1OC(=O)OCCC. The molecular formula is C15H22O6. The molecule has 1 saturated carbocycles. The Bertz CT molecular complexity index is 369. The Kier molecular flexibility index (Phi) is 5.47. The molecule has 6 nitrogen and oxygen atoms in total. The Hall–Kier alpha value is -1.72. The van der Waals surface area contributed by atoms with Crippen molar-refractivity contribution in [2.75, 3.05) is 13.2 Å². The molecule has 6 heteroatoms. The number of ether oxygens (including phenoxy) is 4. The Labute approximate surface area is 124 Å². The van der Waals surface area contributed by atoms with Crippen LogP contribution in [0.25, 0.3) is 0 Å². The lowest BCUT2D eigenvalue weighted by Crippen LogP contribution is -2.38. The van der Waals surface area contributed by atoms with E-state index in [1.54, 1.807) is 0 Å². The molecule has 1 fully saturated rings. The molecule has 0 aliphatic heterocycles. The van der Waals surface area contributed by atoms with Crippen LogP contribution in [-0.2, 0) is 18.9 Å². The molecule has 0 aromatic heterocycles. The van der Waals surface area contributed by atoms with E-state index in [0.29, 0.717) is 13.2 Å². The number of hydrogen-bond acceptors (Lipinski definition) is 6. The van der Waals surface area contributed by atoms with Gasteiger partial charge in [0.15, 0.2) is 0 Å². The Morgan fingerprint density at radius 1 is 0.905 bits per heavy atom. The minimum atomic E-state index is -0.710. The van der Waals surface area contributed by atoms with Crippen LogP contribution in [0, 0.1) is 11.8 Å². The van der Waals surface area contributed by atoms with E-state index in [0.717, 1.165) is 19.3 Å². The first kappa shape index (κ1) is 15.7. The summed E-state index contributed by atoms with van der Waals surface area (Å²) in [5.41, 5.74) is 0. The molecule has 0 N–H and O–H groups in total. The average Bonchev–Trinajstić information content (AvgIpc) is 3.06. The highest BCUT2D eigenvalue weighted by Crippen LogP contribution is 2.43. The third kappa shape index (κ3) is 3.89. The minimum absolute atomic E-state index is 0.0770. The molecule has 0 radical (unpaired) electrons. The van der Waals surface area contributed by atoms with Crippen LogP contribution in [0.2, 0.25) is 0 Å². The Balaban J connectivity index is 1.90. The number of carbonyl (C=O) groups is 2. The first-order chi connectivity index (χ1) is 10.2. The van der Waals surface area contributed by atoms with Gasteiger partial charge < -0.3 is 18.9 Å². The van der Waals surface area contributed by atoms with Crippen molar-refractivity contribution in [3.05, 3.63) is 12.2 Å². The topological polar surface area (TPSA) is 71.1 Å². The highest BCUT2D eigenvalue weighted by atomic mass is 16.8. The van der Waals surface area contributed by atoms with Crippen molar-refractivity contribution < 1.29 is 28.5 Å². The van der Waals surface area contributed by atoms with Gasteiger partial charge in [-0.15, -0.1) is 0 Å². The fraction of sp³-hybridized carbons (Fsp3) is 0.733. The van der Waals surface area contributed by atoms with E-state index >= 15 is 0 Å². The summed E-state index contributed by atoms with van der Waals surface area (Å²) in [6.07, 6.45) is 3.88. The van der Waals surface area contributed by atoms with E-state index in [1.807, 2.05) is 26.0 Å². The molecular weight excluding hydrogens is 276 g/mol. The second-order valence-corrected chi connectivity index (χ2v) is 5.31. The van der Waals surface area contributed by atoms with Gasteiger partial charge in [0.25, 0.3) is 0 Å². The fourth-order valence-corrected chi connectivity index (χ4v) is 2.70. The van der Waals surface area contributed by atoms with E-state index in [1.165, 1.54) is 0 Å². The van der Waals surface area contributed by atoms with Crippen molar-refractivity contribution >= 4 is 12.3 Å². The van der Waals surface area contributed by atoms with Crippen molar-refractivity contribution in [3.63, 3.8) is 0 Å². The maximum Gasteiger partial charge on any atom is 0.508 e. The monoisotopic (exact) mass is 298 g/mol. The van der Waals surface area contributed by atoms with Gasteiger partial charge in [0.05, 0.1) is 13.2 Å². The summed E-state index contributed by atoms with van der Waals surface area (Å²) in [6.45, 7) is 4.45. The molecule has 2 aliphatic rings. The van der Waals surface area contributed by atoms with Gasteiger partial charge in [-0.25, -0.2) is 9.59 Å². The maximum absolute atomic E-state index is 11.6. The number of fused-ring (bicyclic) bond motifs is 2. The highest BCUT2D eigenvalue weighted by Gasteiger charge is 2.49. The average molecular weight is 298 g/mol. The van der Waals surface area contributed by atoms with E-state index in [-0.39, 0.29) is 11.8 Å². The molecule has 4 atom stereocenters. The summed E-state index contributed by atoms with van der Waals surface area (Å²) >= 11 is 0. The third-order valence-electron chi connectivity index (χ3n) is 3.63. The van der Waals surface area contributed by atoms with Gasteiger partial charge in [-0.05, 0) is 19.3 Å². The van der Waals surface area contributed by atoms with Crippen LogP contribution in [0.4, 0.5) is 9.59 Å². The van der Waals surface area contributed by atoms with E-state index in [4.69, 9.17) is 18.9 Å². The zero-order chi connectivity index (χ0) is 15.2. The van der Waals surface area contributed by atoms with E-state index < -0.39 is 24.5 Å². The third-order valence-corrected chi connectivity index (χ3v) is 3.63. The lowest BCUT2D eigenvalue weighted by atomic mass is 10.0. The van der Waals surface area contributed by atoms with Crippen LogP contribution >= 0.6 is 0 Å². The molecule has 0 heterocycles. The van der Waals surface area contributed by atoms with Gasteiger partial charge in [-0.3, -0.25) is 0 Å². The molecule has 0 amide bonds. The molecule has 2 aliphatic carbocycles. The van der Waals surface area contributed by atoms with E-state index in [2.05, 4.69) is 0 Å². The Morgan fingerprint density at radius 3 is 1.71 bits per heavy atom. The van der Waals surface area contributed by atoms with Crippen LogP contribution in [0.5, 0.6) is 0 Å². The normalized spacial score (nSPS) is 29.2. The first-order valence-electron chi connectivity index (χ1n) is 7.50. The second kappa shape index (κ2) is 7.33. The van der Waals surface area contributed by atoms with Crippen LogP contribution < -0.4 is 0 Å². The smallest absolute Gasteiger partial charge is 0.434 e. The maximum atomic E-state index is 11.6. The molecule has 118 valence electrons. The van der Waals surface area contributed by atoms with Gasteiger partial charge >= 0.3 is 12.3 Å². The molecule has 4 unspecified atom stereocenters. The van der Waals surface area contributed by atoms with Gasteiger partial charge in [0.2, 0.25) is 0 Å². The highest BCUT2D eigenvalue weighted by molar-refractivity contribution is 5.62. The lowest BCUT2D eigenvalue weighted by Gasteiger charge is -2.26. The van der Waals surface area contributed by atoms with Crippen LogP contribution in [-0.4, -0.2) is 37.7 Å². The van der Waals surface area contributed by atoms with Crippen molar-refractivity contribution in [2.45, 2.75) is 45.3 Å². The van der Waals surface area contributed by atoms with Crippen molar-refractivity contribution in [3.8, 4) is 0 Å². The predicted molar refractivity (Wildman–Crippen MR) is 73.8 cm³/mol. The zero-order valence-corrected chi connectivity index (χ0v) is 12.4. The first-order valence-corrected chi connectivity index (χ1v) is 7.50. The number of carbonyl (C=O) groups excluding carboxylic acids is 2. The molecule has 0 aromatic rings. The molecule has 2 bridgehead atoms. The lowest BCUT2D eigenvalue weighted by molar-refractivity contribution is -0.0591. The van der Waals surface area contributed by atoms with E-state index in [9.17, 15) is 9.59 Å². The fourth-order valence-electron chi connectivity index (χ4n) is 2.70. The molecule has 21 heavy (non-hydrogen) atoms. The molecule has 0 aromatic carbocycles. The largest absolute Gasteiger partial charge is 0.508 e. The summed E-state index contributed by atoms with van der Waals surface area (Å²) in [5.74, 6) is 0.154. The zero-order valence-electron chi connectivity index (χ0n) is 12.4. The molecule has 0 spiro atoms. The minimum Gasteiger partial charge on any atom is -0.434 e. The number of rotatable bonds is 6. The van der Waals surface area contributed by atoms with Gasteiger partial charge in [0.1, 0.15) is 12.2 Å². The van der Waals surface area contributed by atoms with Crippen LogP contribution in [0.1, 0.15) is 33.1 Å². The van der Waals surface area contributed by atoms with Crippen LogP contribution in [0.15, 0.2) is 12.2 Å². The molecule has 0 saturated heterocycles. The summed E-state index contributed by atoms with van der Waals surface area (Å²) < 4.78 is 20.5. The summed E-state index contributed by atoms with van der Waals surface area (Å²) in [6, 6.07) is 0. The summed E-state index contributed by atoms with van der Waals surface area (Å²) in [7, 11) is 0. The predicted octanol–water partition coefficient (Wildman–Crippen LogP) is 3.06. The standard InChI is InChI=1S/C15H22O6/c1-3-7-18-14(16)20-12-10-5-6-11(9-10)13(12)21-15(17)19-8-4-2/h5-6,10-13H,3-4,7-9H2,1-2H3. The van der Waals surface area contributed by atoms with Crippen molar-refractivity contribution in [2.24, 2.45) is 11.8 Å². The quantitative estimate of drug-likeness (QED) is 0.554. The molecule has 2 rings (SSSR count).